The Kier molecular flexibility index (Phi) is 2.91. The van der Waals surface area contributed by atoms with E-state index in [0.29, 0.717) is 16.6 Å². The van der Waals surface area contributed by atoms with Gasteiger partial charge in [-0.3, -0.25) is 4.79 Å². The smallest absolute Gasteiger partial charge is 0.170 e. The number of hydrogen-bond donors (Lipinski definition) is 0. The first-order valence-electron chi connectivity index (χ1n) is 8.04. The van der Waals surface area contributed by atoms with Crippen LogP contribution in [0.5, 0.6) is 0 Å². The van der Waals surface area contributed by atoms with Gasteiger partial charge in [0.1, 0.15) is 0 Å². The van der Waals surface area contributed by atoms with Crippen molar-refractivity contribution in [2.45, 2.75) is 59.3 Å². The van der Waals surface area contributed by atoms with Crippen LogP contribution in [0.25, 0.3) is 0 Å². The van der Waals surface area contributed by atoms with Gasteiger partial charge < -0.3 is 0 Å². The van der Waals surface area contributed by atoms with E-state index in [1.165, 1.54) is 24.1 Å². The molecule has 4 bridgehead atoms. The summed E-state index contributed by atoms with van der Waals surface area (Å²) in [5.74, 6) is 1.23. The molecular weight excluding hydrogens is 344 g/mol. The van der Waals surface area contributed by atoms with Crippen molar-refractivity contribution < 1.29 is 4.79 Å². The Morgan fingerprint density at radius 3 is 2.29 bits per heavy atom. The molecule has 0 amide bonds. The lowest BCUT2D eigenvalue weighted by Gasteiger charge is -2.64. The lowest BCUT2D eigenvalue weighted by Crippen LogP contribution is -2.57. The van der Waals surface area contributed by atoms with E-state index < -0.39 is 0 Å². The van der Waals surface area contributed by atoms with Crippen molar-refractivity contribution >= 4 is 33.0 Å². The summed E-state index contributed by atoms with van der Waals surface area (Å²) in [6.45, 7) is 6.97. The molecular formula is C18H23BrOS. The average molecular weight is 367 g/mol. The number of thiophene rings is 1. The van der Waals surface area contributed by atoms with Gasteiger partial charge in [-0.25, -0.2) is 0 Å². The Morgan fingerprint density at radius 2 is 1.81 bits per heavy atom. The second-order valence-corrected chi connectivity index (χ2v) is 11.4. The van der Waals surface area contributed by atoms with Crippen LogP contribution in [-0.2, 0) is 0 Å². The van der Waals surface area contributed by atoms with Crippen molar-refractivity contribution in [3.8, 4) is 0 Å². The Bertz CT molecular complexity index is 613. The predicted octanol–water partition coefficient (Wildman–Crippen LogP) is 6.00. The normalized spacial score (nSPS) is 44.3. The molecule has 5 rings (SSSR count). The molecule has 0 radical (unpaired) electrons. The van der Waals surface area contributed by atoms with E-state index in [1.54, 1.807) is 11.3 Å². The van der Waals surface area contributed by atoms with Gasteiger partial charge in [-0.15, -0.1) is 11.3 Å². The Hall–Kier alpha value is -0.150. The van der Waals surface area contributed by atoms with Crippen LogP contribution in [0.2, 0.25) is 0 Å². The minimum atomic E-state index is -0.0613. The van der Waals surface area contributed by atoms with Gasteiger partial charge in [0.25, 0.3) is 0 Å². The zero-order valence-corrected chi connectivity index (χ0v) is 15.5. The number of Topliss-reactive ketones (excluding diaryl/α,β-unsaturated/α-hetero) is 1. The SMILES string of the molecule is Cc1sc(Br)cc1C(=O)C12CC3CC(C)(CC(C)(C3)C1)C2. The van der Waals surface area contributed by atoms with Crippen LogP contribution in [0.4, 0.5) is 0 Å². The van der Waals surface area contributed by atoms with Crippen LogP contribution < -0.4 is 0 Å². The number of hydrogen-bond acceptors (Lipinski definition) is 2. The molecule has 0 aliphatic heterocycles. The van der Waals surface area contributed by atoms with Gasteiger partial charge in [0.2, 0.25) is 0 Å². The largest absolute Gasteiger partial charge is 0.294 e. The minimum Gasteiger partial charge on any atom is -0.294 e. The molecule has 1 aromatic rings. The Balaban J connectivity index is 1.77. The third kappa shape index (κ3) is 2.10. The number of carbonyl (C=O) groups excluding carboxylic acids is 1. The molecule has 21 heavy (non-hydrogen) atoms. The van der Waals surface area contributed by atoms with Crippen LogP contribution in [0, 0.1) is 29.1 Å². The topological polar surface area (TPSA) is 17.1 Å². The zero-order valence-electron chi connectivity index (χ0n) is 13.1. The molecule has 1 aromatic heterocycles. The van der Waals surface area contributed by atoms with Crippen LogP contribution in [0.1, 0.15) is 67.6 Å². The molecule has 4 aliphatic rings. The third-order valence-corrected chi connectivity index (χ3v) is 7.79. The fourth-order valence-corrected chi connectivity index (χ4v) is 8.35. The van der Waals surface area contributed by atoms with Crippen LogP contribution >= 0.6 is 27.3 Å². The van der Waals surface area contributed by atoms with Crippen LogP contribution in [-0.4, -0.2) is 5.78 Å². The second kappa shape index (κ2) is 4.23. The molecule has 4 saturated carbocycles. The molecule has 0 spiro atoms. The van der Waals surface area contributed by atoms with E-state index in [1.807, 2.05) is 0 Å². The maximum atomic E-state index is 13.4. The summed E-state index contributed by atoms with van der Waals surface area (Å²) in [6, 6.07) is 2.06. The number of halogens is 1. The summed E-state index contributed by atoms with van der Waals surface area (Å²) in [6.07, 6.45) is 7.42. The number of ketones is 1. The molecule has 114 valence electrons. The van der Waals surface area contributed by atoms with E-state index in [9.17, 15) is 4.79 Å². The first kappa shape index (κ1) is 14.4. The molecule has 2 atom stereocenters. The fourth-order valence-electron chi connectivity index (χ4n) is 6.66. The van der Waals surface area contributed by atoms with Gasteiger partial charge in [0, 0.05) is 15.9 Å². The molecule has 2 unspecified atom stereocenters. The molecule has 0 saturated heterocycles. The maximum absolute atomic E-state index is 13.4. The van der Waals surface area contributed by atoms with Gasteiger partial charge in [0.15, 0.2) is 5.78 Å². The summed E-state index contributed by atoms with van der Waals surface area (Å²) in [7, 11) is 0. The Morgan fingerprint density at radius 1 is 1.19 bits per heavy atom. The average Bonchev–Trinajstić information content (AvgIpc) is 2.62. The molecule has 0 aromatic carbocycles. The first-order chi connectivity index (χ1) is 9.73. The molecule has 0 N–H and O–H groups in total. The van der Waals surface area contributed by atoms with Crippen molar-refractivity contribution in [2.75, 3.05) is 0 Å². The summed E-state index contributed by atoms with van der Waals surface area (Å²) in [5.41, 5.74) is 1.74. The maximum Gasteiger partial charge on any atom is 0.170 e. The molecule has 4 aliphatic carbocycles. The molecule has 3 heteroatoms. The standard InChI is InChI=1S/C18H23BrOS/c1-11-13(4-14(19)21-11)15(20)18-7-12-5-16(2,9-18)8-17(3,6-12)10-18/h4,12H,5-10H2,1-3H3. The first-order valence-corrected chi connectivity index (χ1v) is 9.64. The van der Waals surface area contributed by atoms with Gasteiger partial charge in [0.05, 0.1) is 3.79 Å². The predicted molar refractivity (Wildman–Crippen MR) is 90.9 cm³/mol. The highest BCUT2D eigenvalue weighted by atomic mass is 79.9. The van der Waals surface area contributed by atoms with E-state index in [4.69, 9.17) is 0 Å². The summed E-state index contributed by atoms with van der Waals surface area (Å²) in [5, 5.41) is 0. The molecule has 4 fully saturated rings. The van der Waals surface area contributed by atoms with E-state index in [0.717, 1.165) is 34.5 Å². The minimum absolute atomic E-state index is 0.0613. The number of carbonyl (C=O) groups is 1. The number of rotatable bonds is 2. The highest BCUT2D eigenvalue weighted by molar-refractivity contribution is 9.11. The third-order valence-electron chi connectivity index (χ3n) is 6.24. The summed E-state index contributed by atoms with van der Waals surface area (Å²) < 4.78 is 1.09. The Labute approximate surface area is 139 Å². The number of aryl methyl sites for hydroxylation is 1. The fraction of sp³-hybridized carbons (Fsp3) is 0.722. The van der Waals surface area contributed by atoms with Crippen molar-refractivity contribution in [1.29, 1.82) is 0 Å². The lowest BCUT2D eigenvalue weighted by molar-refractivity contribution is -0.125. The van der Waals surface area contributed by atoms with Gasteiger partial charge in [-0.1, -0.05) is 13.8 Å². The lowest BCUT2D eigenvalue weighted by atomic mass is 9.39. The highest BCUT2D eigenvalue weighted by Crippen LogP contribution is 2.70. The van der Waals surface area contributed by atoms with Gasteiger partial charge >= 0.3 is 0 Å². The summed E-state index contributed by atoms with van der Waals surface area (Å²) >= 11 is 5.24. The van der Waals surface area contributed by atoms with Gasteiger partial charge in [-0.05, 0) is 84.2 Å². The second-order valence-electron chi connectivity index (χ2n) is 8.76. The van der Waals surface area contributed by atoms with Crippen molar-refractivity contribution in [3.05, 3.63) is 20.3 Å². The van der Waals surface area contributed by atoms with Crippen molar-refractivity contribution in [1.82, 2.24) is 0 Å². The van der Waals surface area contributed by atoms with Crippen LogP contribution in [0.3, 0.4) is 0 Å². The van der Waals surface area contributed by atoms with E-state index in [2.05, 4.69) is 42.8 Å². The quantitative estimate of drug-likeness (QED) is 0.586. The van der Waals surface area contributed by atoms with Crippen LogP contribution in [0.15, 0.2) is 9.85 Å². The van der Waals surface area contributed by atoms with Gasteiger partial charge in [-0.2, -0.15) is 0 Å². The van der Waals surface area contributed by atoms with E-state index in [-0.39, 0.29) is 5.41 Å². The molecule has 1 heterocycles. The monoisotopic (exact) mass is 366 g/mol. The van der Waals surface area contributed by atoms with E-state index >= 15 is 0 Å². The summed E-state index contributed by atoms with van der Waals surface area (Å²) in [4.78, 5) is 14.6. The molecule has 1 nitrogen and oxygen atoms in total. The van der Waals surface area contributed by atoms with Crippen molar-refractivity contribution in [2.24, 2.45) is 22.2 Å². The zero-order chi connectivity index (χ0) is 15.0. The van der Waals surface area contributed by atoms with Crippen molar-refractivity contribution in [3.63, 3.8) is 0 Å². The highest BCUT2D eigenvalue weighted by Gasteiger charge is 2.62.